The summed E-state index contributed by atoms with van der Waals surface area (Å²) in [7, 11) is -2.60. The maximum Gasteiger partial charge on any atom is 0.327 e. The Morgan fingerprint density at radius 3 is 2.67 bits per heavy atom. The first-order chi connectivity index (χ1) is 9.90. The minimum absolute atomic E-state index is 0.0791. The van der Waals surface area contributed by atoms with Crippen LogP contribution in [-0.4, -0.2) is 31.3 Å². The number of anilines is 1. The number of esters is 1. The first kappa shape index (κ1) is 15.0. The average molecular weight is 313 g/mol. The normalized spacial score (nSPS) is 11.1. The van der Waals surface area contributed by atoms with Crippen molar-refractivity contribution in [2.24, 2.45) is 0 Å². The van der Waals surface area contributed by atoms with Gasteiger partial charge in [0.25, 0.3) is 10.0 Å². The van der Waals surface area contributed by atoms with Gasteiger partial charge in [-0.05, 0) is 24.3 Å². The van der Waals surface area contributed by atoms with Gasteiger partial charge < -0.3 is 4.74 Å². The van der Waals surface area contributed by atoms with Gasteiger partial charge in [-0.2, -0.15) is 5.10 Å². The molecule has 2 rings (SSSR count). The minimum atomic E-state index is -3.84. The summed E-state index contributed by atoms with van der Waals surface area (Å²) < 4.78 is 44.8. The Labute approximate surface area is 120 Å². The molecule has 0 aliphatic rings. The molecule has 0 unspecified atom stereocenters. The second-order valence-electron chi connectivity index (χ2n) is 4.06. The van der Waals surface area contributed by atoms with Gasteiger partial charge in [0.1, 0.15) is 12.4 Å². The van der Waals surface area contributed by atoms with Crippen LogP contribution in [0, 0.1) is 5.82 Å². The molecule has 1 heterocycles. The average Bonchev–Trinajstić information content (AvgIpc) is 2.85. The van der Waals surface area contributed by atoms with E-state index in [1.807, 2.05) is 0 Å². The predicted molar refractivity (Wildman–Crippen MR) is 71.5 cm³/mol. The van der Waals surface area contributed by atoms with Crippen molar-refractivity contribution < 1.29 is 22.3 Å². The molecule has 0 atom stereocenters. The number of sulfonamides is 1. The first-order valence-electron chi connectivity index (χ1n) is 5.78. The molecule has 9 heteroatoms. The Kier molecular flexibility index (Phi) is 4.22. The number of ether oxygens (including phenoxy) is 1. The molecular weight excluding hydrogens is 301 g/mol. The Morgan fingerprint density at radius 2 is 2.05 bits per heavy atom. The van der Waals surface area contributed by atoms with Crippen LogP contribution < -0.4 is 4.72 Å². The van der Waals surface area contributed by atoms with Gasteiger partial charge in [0.15, 0.2) is 0 Å². The Bertz CT molecular complexity index is 740. The van der Waals surface area contributed by atoms with Crippen molar-refractivity contribution in [3.8, 4) is 0 Å². The van der Waals surface area contributed by atoms with E-state index in [9.17, 15) is 17.6 Å². The Hall–Kier alpha value is -2.42. The molecule has 0 fully saturated rings. The summed E-state index contributed by atoms with van der Waals surface area (Å²) >= 11 is 0. The molecule has 0 saturated heterocycles. The molecule has 0 aliphatic heterocycles. The smallest absolute Gasteiger partial charge is 0.327 e. The third kappa shape index (κ3) is 3.78. The van der Waals surface area contributed by atoms with E-state index in [-0.39, 0.29) is 17.1 Å². The zero-order valence-corrected chi connectivity index (χ0v) is 11.8. The van der Waals surface area contributed by atoms with E-state index in [1.54, 1.807) is 0 Å². The highest BCUT2D eigenvalue weighted by Gasteiger charge is 2.15. The molecular formula is C12H12FN3O4S. The van der Waals surface area contributed by atoms with Crippen molar-refractivity contribution in [2.75, 3.05) is 11.8 Å². The van der Waals surface area contributed by atoms with E-state index in [0.29, 0.717) is 0 Å². The van der Waals surface area contributed by atoms with Gasteiger partial charge in [-0.1, -0.05) is 0 Å². The van der Waals surface area contributed by atoms with Crippen LogP contribution in [0.15, 0.2) is 41.6 Å². The summed E-state index contributed by atoms with van der Waals surface area (Å²) in [6, 6.07) is 4.40. The molecule has 0 aliphatic carbocycles. The van der Waals surface area contributed by atoms with Crippen molar-refractivity contribution >= 4 is 21.7 Å². The van der Waals surface area contributed by atoms with Gasteiger partial charge in [0, 0.05) is 6.20 Å². The van der Waals surface area contributed by atoms with Gasteiger partial charge in [0.2, 0.25) is 0 Å². The van der Waals surface area contributed by atoms with Crippen molar-refractivity contribution in [1.29, 1.82) is 0 Å². The molecule has 0 radical (unpaired) electrons. The topological polar surface area (TPSA) is 90.3 Å². The summed E-state index contributed by atoms with van der Waals surface area (Å²) in [4.78, 5) is 11.0. The maximum absolute atomic E-state index is 12.8. The highest BCUT2D eigenvalue weighted by atomic mass is 32.2. The van der Waals surface area contributed by atoms with Gasteiger partial charge in [-0.3, -0.25) is 14.2 Å². The van der Waals surface area contributed by atoms with Crippen LogP contribution in [0.1, 0.15) is 0 Å². The molecule has 0 bridgehead atoms. The van der Waals surface area contributed by atoms with Crippen LogP contribution in [-0.2, 0) is 26.1 Å². The molecule has 112 valence electrons. The van der Waals surface area contributed by atoms with Crippen LogP contribution in [0.25, 0.3) is 0 Å². The van der Waals surface area contributed by atoms with Crippen molar-refractivity contribution in [3.63, 3.8) is 0 Å². The zero-order chi connectivity index (χ0) is 15.5. The van der Waals surface area contributed by atoms with Crippen LogP contribution in [0.5, 0.6) is 0 Å². The Balaban J connectivity index is 2.14. The number of aromatic nitrogens is 2. The van der Waals surface area contributed by atoms with Crippen LogP contribution in [0.3, 0.4) is 0 Å². The molecule has 0 saturated carbocycles. The summed E-state index contributed by atoms with van der Waals surface area (Å²) in [6.07, 6.45) is 2.60. The monoisotopic (exact) mass is 313 g/mol. The van der Waals surface area contributed by atoms with Gasteiger partial charge >= 0.3 is 5.97 Å². The lowest BCUT2D eigenvalue weighted by molar-refractivity contribution is -0.141. The summed E-state index contributed by atoms with van der Waals surface area (Å²) in [5, 5.41) is 3.82. The molecule has 0 amide bonds. The number of carbonyl (C=O) groups is 1. The molecule has 0 spiro atoms. The molecule has 1 N–H and O–H groups in total. The number of hydrogen-bond donors (Lipinski definition) is 1. The van der Waals surface area contributed by atoms with E-state index in [0.717, 1.165) is 24.3 Å². The lowest BCUT2D eigenvalue weighted by atomic mass is 10.4. The fraction of sp³-hybridized carbons (Fsp3) is 0.167. The lowest BCUT2D eigenvalue weighted by Gasteiger charge is -2.05. The van der Waals surface area contributed by atoms with E-state index in [2.05, 4.69) is 14.6 Å². The van der Waals surface area contributed by atoms with Gasteiger partial charge in [0.05, 0.1) is 23.9 Å². The predicted octanol–water partition coefficient (Wildman–Crippen LogP) is 0.996. The van der Waals surface area contributed by atoms with E-state index >= 15 is 0 Å². The number of methoxy groups -OCH3 is 1. The molecule has 7 nitrogen and oxygen atoms in total. The summed E-state index contributed by atoms with van der Waals surface area (Å²) in [5.41, 5.74) is 0.184. The molecule has 1 aromatic heterocycles. The lowest BCUT2D eigenvalue weighted by Crippen LogP contribution is -2.13. The van der Waals surface area contributed by atoms with Gasteiger partial charge in [-0.15, -0.1) is 0 Å². The number of nitrogens with one attached hydrogen (secondary N) is 1. The van der Waals surface area contributed by atoms with Crippen LogP contribution >= 0.6 is 0 Å². The zero-order valence-electron chi connectivity index (χ0n) is 11.0. The van der Waals surface area contributed by atoms with Crippen molar-refractivity contribution in [3.05, 3.63) is 42.5 Å². The Morgan fingerprint density at radius 1 is 1.38 bits per heavy atom. The molecule has 1 aromatic carbocycles. The number of nitrogens with zero attached hydrogens (tertiary/aromatic N) is 2. The number of benzene rings is 1. The quantitative estimate of drug-likeness (QED) is 0.832. The van der Waals surface area contributed by atoms with Gasteiger partial charge in [-0.25, -0.2) is 12.8 Å². The van der Waals surface area contributed by atoms with Crippen molar-refractivity contribution in [2.45, 2.75) is 11.4 Å². The highest BCUT2D eigenvalue weighted by molar-refractivity contribution is 7.92. The van der Waals surface area contributed by atoms with E-state index in [1.165, 1.54) is 24.2 Å². The molecule has 21 heavy (non-hydrogen) atoms. The molecule has 2 aromatic rings. The second kappa shape index (κ2) is 5.92. The summed E-state index contributed by atoms with van der Waals surface area (Å²) in [6.45, 7) is -0.130. The SMILES string of the molecule is COC(=O)Cn1cc(NS(=O)(=O)c2ccc(F)cc2)cn1. The standard InChI is InChI=1S/C12H12FN3O4S/c1-20-12(17)8-16-7-10(6-14-16)15-21(18,19)11-4-2-9(13)3-5-11/h2-7,15H,8H2,1H3. The highest BCUT2D eigenvalue weighted by Crippen LogP contribution is 2.15. The minimum Gasteiger partial charge on any atom is -0.468 e. The maximum atomic E-state index is 12.8. The third-order valence-corrected chi connectivity index (χ3v) is 3.93. The fourth-order valence-corrected chi connectivity index (χ4v) is 2.56. The second-order valence-corrected chi connectivity index (χ2v) is 5.74. The third-order valence-electron chi connectivity index (χ3n) is 2.53. The summed E-state index contributed by atoms with van der Waals surface area (Å²) in [5.74, 6) is -1.04. The number of hydrogen-bond acceptors (Lipinski definition) is 5. The first-order valence-corrected chi connectivity index (χ1v) is 7.27. The fourth-order valence-electron chi connectivity index (χ4n) is 1.53. The number of rotatable bonds is 5. The number of halogens is 1. The van der Waals surface area contributed by atoms with E-state index < -0.39 is 21.8 Å². The number of carbonyl (C=O) groups excluding carboxylic acids is 1. The van der Waals surface area contributed by atoms with Crippen LogP contribution in [0.4, 0.5) is 10.1 Å². The van der Waals surface area contributed by atoms with Crippen molar-refractivity contribution in [1.82, 2.24) is 9.78 Å². The largest absolute Gasteiger partial charge is 0.468 e. The van der Waals surface area contributed by atoms with E-state index in [4.69, 9.17) is 0 Å². The van der Waals surface area contributed by atoms with Crippen LogP contribution in [0.2, 0.25) is 0 Å².